The Morgan fingerprint density at radius 3 is 1.93 bits per heavy atom. The zero-order valence-corrected chi connectivity index (χ0v) is 16.7. The van der Waals surface area contributed by atoms with Gasteiger partial charge in [-0.3, -0.25) is 4.79 Å². The van der Waals surface area contributed by atoms with Crippen molar-refractivity contribution < 1.29 is 4.79 Å². The molecule has 1 aromatic heterocycles. The SMILES string of the molecule is CC(=O)C(C)n1ncn(-c2ccc(N3CCN(c4ccccc4)CC3)cc2)c1=O. The van der Waals surface area contributed by atoms with E-state index in [4.69, 9.17) is 0 Å². The zero-order valence-electron chi connectivity index (χ0n) is 16.7. The molecule has 1 fully saturated rings. The molecule has 1 atom stereocenters. The van der Waals surface area contributed by atoms with Gasteiger partial charge in [0, 0.05) is 37.6 Å². The number of aromatic nitrogens is 3. The van der Waals surface area contributed by atoms with Crippen molar-refractivity contribution in [2.24, 2.45) is 0 Å². The molecule has 7 nitrogen and oxygen atoms in total. The molecule has 1 saturated heterocycles. The van der Waals surface area contributed by atoms with Crippen molar-refractivity contribution in [3.8, 4) is 5.69 Å². The molecule has 1 unspecified atom stereocenters. The van der Waals surface area contributed by atoms with E-state index in [9.17, 15) is 9.59 Å². The number of benzene rings is 2. The standard InChI is InChI=1S/C22H25N5O2/c1-17(18(2)28)27-22(29)26(16-23-27)21-10-8-20(9-11-21)25-14-12-24(13-15-25)19-6-4-3-5-7-19/h3-11,16-17H,12-15H2,1-2H3. The molecule has 4 rings (SSSR count). The second kappa shape index (κ2) is 7.95. The second-order valence-corrected chi connectivity index (χ2v) is 7.34. The van der Waals surface area contributed by atoms with Gasteiger partial charge in [0.2, 0.25) is 0 Å². The first-order valence-electron chi connectivity index (χ1n) is 9.86. The number of carbonyl (C=O) groups is 1. The lowest BCUT2D eigenvalue weighted by molar-refractivity contribution is -0.119. The maximum atomic E-state index is 12.6. The van der Waals surface area contributed by atoms with Crippen molar-refractivity contribution in [2.75, 3.05) is 36.0 Å². The van der Waals surface area contributed by atoms with E-state index in [-0.39, 0.29) is 11.5 Å². The normalized spacial score (nSPS) is 15.4. The highest BCUT2D eigenvalue weighted by molar-refractivity contribution is 5.79. The van der Waals surface area contributed by atoms with E-state index < -0.39 is 6.04 Å². The largest absolute Gasteiger partial charge is 0.368 e. The first-order valence-corrected chi connectivity index (χ1v) is 9.86. The molecule has 0 amide bonds. The Morgan fingerprint density at radius 2 is 1.38 bits per heavy atom. The van der Waals surface area contributed by atoms with Gasteiger partial charge in [0.15, 0.2) is 5.78 Å². The van der Waals surface area contributed by atoms with Crippen molar-refractivity contribution in [3.63, 3.8) is 0 Å². The predicted molar refractivity (Wildman–Crippen MR) is 114 cm³/mol. The van der Waals surface area contributed by atoms with Gasteiger partial charge in [-0.15, -0.1) is 0 Å². The van der Waals surface area contributed by atoms with E-state index in [1.54, 1.807) is 6.92 Å². The van der Waals surface area contributed by atoms with Gasteiger partial charge < -0.3 is 9.80 Å². The average Bonchev–Trinajstić information content (AvgIpc) is 3.15. The fourth-order valence-electron chi connectivity index (χ4n) is 3.62. The molecule has 1 aliphatic rings. The van der Waals surface area contributed by atoms with Crippen LogP contribution >= 0.6 is 0 Å². The highest BCUT2D eigenvalue weighted by Crippen LogP contribution is 2.21. The molecule has 150 valence electrons. The van der Waals surface area contributed by atoms with E-state index in [2.05, 4.69) is 39.2 Å². The van der Waals surface area contributed by atoms with Crippen LogP contribution in [-0.4, -0.2) is 46.3 Å². The summed E-state index contributed by atoms with van der Waals surface area (Å²) in [5.74, 6) is -0.0951. The van der Waals surface area contributed by atoms with Crippen LogP contribution < -0.4 is 15.5 Å². The van der Waals surface area contributed by atoms with Gasteiger partial charge in [0.05, 0.1) is 5.69 Å². The first-order chi connectivity index (χ1) is 14.0. The summed E-state index contributed by atoms with van der Waals surface area (Å²) in [6, 6.07) is 17.8. The summed E-state index contributed by atoms with van der Waals surface area (Å²) in [5.41, 5.74) is 2.83. The van der Waals surface area contributed by atoms with Gasteiger partial charge >= 0.3 is 5.69 Å². The molecular formula is C22H25N5O2. The number of hydrogen-bond donors (Lipinski definition) is 0. The number of rotatable bonds is 5. The molecule has 29 heavy (non-hydrogen) atoms. The molecule has 2 heterocycles. The quantitative estimate of drug-likeness (QED) is 0.669. The topological polar surface area (TPSA) is 63.4 Å². The molecule has 0 saturated carbocycles. The molecule has 0 N–H and O–H groups in total. The number of nitrogens with zero attached hydrogens (tertiary/aromatic N) is 5. The zero-order chi connectivity index (χ0) is 20.4. The fourth-order valence-corrected chi connectivity index (χ4v) is 3.62. The highest BCUT2D eigenvalue weighted by atomic mass is 16.2. The summed E-state index contributed by atoms with van der Waals surface area (Å²) in [6.07, 6.45) is 1.47. The number of anilines is 2. The summed E-state index contributed by atoms with van der Waals surface area (Å²) >= 11 is 0. The van der Waals surface area contributed by atoms with Crippen LogP contribution in [0.5, 0.6) is 0 Å². The van der Waals surface area contributed by atoms with Gasteiger partial charge in [-0.2, -0.15) is 5.10 Å². The monoisotopic (exact) mass is 391 g/mol. The molecule has 2 aromatic carbocycles. The molecule has 1 aliphatic heterocycles. The number of ketones is 1. The fraction of sp³-hybridized carbons (Fsp3) is 0.318. The Balaban J connectivity index is 1.45. The summed E-state index contributed by atoms with van der Waals surface area (Å²) in [5, 5.41) is 4.09. The van der Waals surface area contributed by atoms with E-state index in [0.29, 0.717) is 0 Å². The number of piperazine rings is 1. The van der Waals surface area contributed by atoms with Crippen LogP contribution in [0.4, 0.5) is 11.4 Å². The minimum Gasteiger partial charge on any atom is -0.368 e. The molecule has 0 aliphatic carbocycles. The number of para-hydroxylation sites is 1. The maximum Gasteiger partial charge on any atom is 0.351 e. The molecule has 0 bridgehead atoms. The minimum atomic E-state index is -0.566. The summed E-state index contributed by atoms with van der Waals surface area (Å²) in [7, 11) is 0. The maximum absolute atomic E-state index is 12.6. The van der Waals surface area contributed by atoms with Crippen molar-refractivity contribution in [3.05, 3.63) is 71.4 Å². The summed E-state index contributed by atoms with van der Waals surface area (Å²) in [4.78, 5) is 28.9. The number of Topliss-reactive ketones (excluding diaryl/α,β-unsaturated/α-hetero) is 1. The second-order valence-electron chi connectivity index (χ2n) is 7.34. The van der Waals surface area contributed by atoms with E-state index in [1.807, 2.05) is 30.3 Å². The highest BCUT2D eigenvalue weighted by Gasteiger charge is 2.19. The predicted octanol–water partition coefficient (Wildman–Crippen LogP) is 2.51. The lowest BCUT2D eigenvalue weighted by Crippen LogP contribution is -2.46. The summed E-state index contributed by atoms with van der Waals surface area (Å²) < 4.78 is 2.69. The molecular weight excluding hydrogens is 366 g/mol. The van der Waals surface area contributed by atoms with Gasteiger partial charge in [0.1, 0.15) is 12.4 Å². The Hall–Kier alpha value is -3.35. The molecule has 3 aromatic rings. The lowest BCUT2D eigenvalue weighted by Gasteiger charge is -2.37. The van der Waals surface area contributed by atoms with Crippen LogP contribution in [-0.2, 0) is 4.79 Å². The van der Waals surface area contributed by atoms with Crippen LogP contribution in [0.2, 0.25) is 0 Å². The van der Waals surface area contributed by atoms with Crippen LogP contribution in [0, 0.1) is 0 Å². The third-order valence-electron chi connectivity index (χ3n) is 5.54. The van der Waals surface area contributed by atoms with Crippen molar-refractivity contribution in [1.29, 1.82) is 0 Å². The Labute approximate surface area is 169 Å². The van der Waals surface area contributed by atoms with E-state index in [1.165, 1.54) is 28.2 Å². The smallest absolute Gasteiger partial charge is 0.351 e. The summed E-state index contributed by atoms with van der Waals surface area (Å²) in [6.45, 7) is 6.98. The van der Waals surface area contributed by atoms with Crippen LogP contribution in [0.25, 0.3) is 5.69 Å². The Morgan fingerprint density at radius 1 is 0.862 bits per heavy atom. The number of hydrogen-bond acceptors (Lipinski definition) is 5. The van der Waals surface area contributed by atoms with E-state index >= 15 is 0 Å². The van der Waals surface area contributed by atoms with Crippen LogP contribution in [0.15, 0.2) is 65.7 Å². The van der Waals surface area contributed by atoms with Gasteiger partial charge in [0.25, 0.3) is 0 Å². The molecule has 0 radical (unpaired) electrons. The third-order valence-corrected chi connectivity index (χ3v) is 5.54. The van der Waals surface area contributed by atoms with Crippen LogP contribution in [0.1, 0.15) is 19.9 Å². The average molecular weight is 391 g/mol. The van der Waals surface area contributed by atoms with Crippen molar-refractivity contribution in [2.45, 2.75) is 19.9 Å². The van der Waals surface area contributed by atoms with Crippen LogP contribution in [0.3, 0.4) is 0 Å². The minimum absolute atomic E-state index is 0.0951. The Kier molecular flexibility index (Phi) is 5.20. The van der Waals surface area contributed by atoms with Crippen molar-refractivity contribution in [1.82, 2.24) is 14.3 Å². The lowest BCUT2D eigenvalue weighted by atomic mass is 10.2. The van der Waals surface area contributed by atoms with Gasteiger partial charge in [-0.25, -0.2) is 14.0 Å². The third kappa shape index (κ3) is 3.81. The van der Waals surface area contributed by atoms with E-state index in [0.717, 1.165) is 37.6 Å². The Bertz CT molecular complexity index is 1030. The molecule has 7 heteroatoms. The van der Waals surface area contributed by atoms with Gasteiger partial charge in [-0.05, 0) is 50.2 Å². The first kappa shape index (κ1) is 19.0. The molecule has 0 spiro atoms. The van der Waals surface area contributed by atoms with Crippen molar-refractivity contribution >= 4 is 17.2 Å². The van der Waals surface area contributed by atoms with Gasteiger partial charge in [-0.1, -0.05) is 18.2 Å². The number of carbonyl (C=O) groups excluding carboxylic acids is 1.